The third kappa shape index (κ3) is 4.43. The molecule has 0 heterocycles. The molecule has 17 heavy (non-hydrogen) atoms. The zero-order valence-electron chi connectivity index (χ0n) is 10.2. The van der Waals surface area contributed by atoms with Crippen LogP contribution in [-0.2, 0) is 4.74 Å². The number of benzene rings is 1. The van der Waals surface area contributed by atoms with E-state index in [1.807, 2.05) is 0 Å². The summed E-state index contributed by atoms with van der Waals surface area (Å²) >= 11 is 0. The van der Waals surface area contributed by atoms with Crippen molar-refractivity contribution >= 4 is 11.7 Å². The van der Waals surface area contributed by atoms with E-state index < -0.39 is 11.8 Å². The van der Waals surface area contributed by atoms with E-state index in [-0.39, 0.29) is 5.56 Å². The summed E-state index contributed by atoms with van der Waals surface area (Å²) in [6.07, 6.45) is 1.78. The zero-order valence-corrected chi connectivity index (χ0v) is 10.2. The summed E-state index contributed by atoms with van der Waals surface area (Å²) < 4.78 is 18.3. The van der Waals surface area contributed by atoms with Gasteiger partial charge in [-0.25, -0.2) is 9.18 Å². The Kier molecular flexibility index (Phi) is 4.94. The molecule has 2 N–H and O–H groups in total. The van der Waals surface area contributed by atoms with E-state index in [4.69, 9.17) is 10.5 Å². The van der Waals surface area contributed by atoms with Crippen molar-refractivity contribution in [2.75, 3.05) is 12.3 Å². The highest BCUT2D eigenvalue weighted by Gasteiger charge is 2.12. The van der Waals surface area contributed by atoms with Crippen LogP contribution in [0.2, 0.25) is 0 Å². The molecule has 0 amide bonds. The molecule has 0 spiro atoms. The van der Waals surface area contributed by atoms with Gasteiger partial charge in [-0.1, -0.05) is 13.8 Å². The Hall–Kier alpha value is -1.58. The van der Waals surface area contributed by atoms with Crippen molar-refractivity contribution in [2.24, 2.45) is 5.92 Å². The van der Waals surface area contributed by atoms with Crippen LogP contribution in [0.25, 0.3) is 0 Å². The topological polar surface area (TPSA) is 52.3 Å². The Morgan fingerprint density at radius 2 is 2.18 bits per heavy atom. The number of anilines is 1. The van der Waals surface area contributed by atoms with Gasteiger partial charge in [-0.15, -0.1) is 0 Å². The van der Waals surface area contributed by atoms with Gasteiger partial charge in [0.1, 0.15) is 5.82 Å². The predicted molar refractivity (Wildman–Crippen MR) is 65.2 cm³/mol. The molecule has 0 atom stereocenters. The largest absolute Gasteiger partial charge is 0.462 e. The minimum atomic E-state index is -0.640. The van der Waals surface area contributed by atoms with E-state index in [1.54, 1.807) is 0 Å². The number of rotatable bonds is 5. The first-order chi connectivity index (χ1) is 8.00. The standard InChI is InChI=1S/C13H18FNO2/c1-9(2)4-3-7-17-13(16)11-6-5-10(15)8-12(11)14/h5-6,8-9H,3-4,7,15H2,1-2H3. The second-order valence-corrected chi connectivity index (χ2v) is 4.41. The smallest absolute Gasteiger partial charge is 0.341 e. The molecular weight excluding hydrogens is 221 g/mol. The van der Waals surface area contributed by atoms with Crippen molar-refractivity contribution < 1.29 is 13.9 Å². The Balaban J connectivity index is 2.47. The van der Waals surface area contributed by atoms with Gasteiger partial charge in [-0.05, 0) is 37.0 Å². The summed E-state index contributed by atoms with van der Waals surface area (Å²) in [4.78, 5) is 11.5. The molecule has 0 aliphatic rings. The van der Waals surface area contributed by atoms with Gasteiger partial charge in [0.25, 0.3) is 0 Å². The van der Waals surface area contributed by atoms with Gasteiger partial charge in [-0.3, -0.25) is 0 Å². The first-order valence-electron chi connectivity index (χ1n) is 5.73. The van der Waals surface area contributed by atoms with Crippen LogP contribution in [0.15, 0.2) is 18.2 Å². The van der Waals surface area contributed by atoms with Gasteiger partial charge < -0.3 is 10.5 Å². The van der Waals surface area contributed by atoms with E-state index in [9.17, 15) is 9.18 Å². The fourth-order valence-corrected chi connectivity index (χ4v) is 1.43. The molecule has 1 aromatic rings. The van der Waals surface area contributed by atoms with E-state index >= 15 is 0 Å². The van der Waals surface area contributed by atoms with Crippen LogP contribution in [0.3, 0.4) is 0 Å². The monoisotopic (exact) mass is 239 g/mol. The lowest BCUT2D eigenvalue weighted by Gasteiger charge is -2.07. The van der Waals surface area contributed by atoms with Crippen molar-refractivity contribution in [3.63, 3.8) is 0 Å². The lowest BCUT2D eigenvalue weighted by molar-refractivity contribution is 0.0489. The van der Waals surface area contributed by atoms with Crippen molar-refractivity contribution in [1.29, 1.82) is 0 Å². The van der Waals surface area contributed by atoms with E-state index in [1.165, 1.54) is 12.1 Å². The summed E-state index contributed by atoms with van der Waals surface area (Å²) in [7, 11) is 0. The van der Waals surface area contributed by atoms with E-state index in [0.717, 1.165) is 18.9 Å². The Morgan fingerprint density at radius 1 is 1.47 bits per heavy atom. The fourth-order valence-electron chi connectivity index (χ4n) is 1.43. The van der Waals surface area contributed by atoms with E-state index in [0.29, 0.717) is 18.2 Å². The van der Waals surface area contributed by atoms with Gasteiger partial charge in [-0.2, -0.15) is 0 Å². The number of esters is 1. The molecule has 0 aliphatic heterocycles. The maximum Gasteiger partial charge on any atom is 0.341 e. The van der Waals surface area contributed by atoms with Crippen LogP contribution >= 0.6 is 0 Å². The summed E-state index contributed by atoms with van der Waals surface area (Å²) in [5, 5.41) is 0. The lowest BCUT2D eigenvalue weighted by atomic mass is 10.1. The van der Waals surface area contributed by atoms with Gasteiger partial charge in [0, 0.05) is 5.69 Å². The number of hydrogen-bond acceptors (Lipinski definition) is 3. The summed E-state index contributed by atoms with van der Waals surface area (Å²) in [5.41, 5.74) is 5.62. The number of ether oxygens (including phenoxy) is 1. The Morgan fingerprint density at radius 3 is 2.76 bits per heavy atom. The molecule has 0 unspecified atom stereocenters. The van der Waals surface area contributed by atoms with Crippen LogP contribution in [0.1, 0.15) is 37.0 Å². The third-order valence-corrected chi connectivity index (χ3v) is 2.37. The number of nitrogens with two attached hydrogens (primary N) is 1. The highest BCUT2D eigenvalue weighted by atomic mass is 19.1. The average molecular weight is 239 g/mol. The minimum absolute atomic E-state index is 0.0660. The third-order valence-electron chi connectivity index (χ3n) is 2.37. The number of nitrogen functional groups attached to an aromatic ring is 1. The first kappa shape index (κ1) is 13.5. The molecule has 94 valence electrons. The van der Waals surface area contributed by atoms with Gasteiger partial charge in [0.2, 0.25) is 0 Å². The van der Waals surface area contributed by atoms with Crippen LogP contribution in [-0.4, -0.2) is 12.6 Å². The Labute approximate surface area is 101 Å². The maximum atomic E-state index is 13.4. The molecule has 0 fully saturated rings. The molecule has 1 aromatic carbocycles. The molecule has 1 rings (SSSR count). The second kappa shape index (κ2) is 6.23. The van der Waals surface area contributed by atoms with Crippen LogP contribution in [0.4, 0.5) is 10.1 Å². The minimum Gasteiger partial charge on any atom is -0.462 e. The normalized spacial score (nSPS) is 10.6. The van der Waals surface area contributed by atoms with E-state index in [2.05, 4.69) is 13.8 Å². The second-order valence-electron chi connectivity index (χ2n) is 4.41. The van der Waals surface area contributed by atoms with Crippen molar-refractivity contribution in [2.45, 2.75) is 26.7 Å². The molecule has 0 bridgehead atoms. The lowest BCUT2D eigenvalue weighted by Crippen LogP contribution is -2.09. The maximum absolute atomic E-state index is 13.4. The Bertz CT molecular complexity index is 391. The zero-order chi connectivity index (χ0) is 12.8. The molecule has 0 radical (unpaired) electrons. The predicted octanol–water partition coefficient (Wildman–Crippen LogP) is 3.00. The summed E-state index contributed by atoms with van der Waals surface area (Å²) in [6, 6.07) is 3.94. The molecular formula is C13H18FNO2. The molecule has 3 nitrogen and oxygen atoms in total. The van der Waals surface area contributed by atoms with Gasteiger partial charge in [0.15, 0.2) is 0 Å². The summed E-state index contributed by atoms with van der Waals surface area (Å²) in [5.74, 6) is -0.702. The molecule has 0 saturated heterocycles. The number of carbonyl (C=O) groups excluding carboxylic acids is 1. The SMILES string of the molecule is CC(C)CCCOC(=O)c1ccc(N)cc1F. The molecule has 0 aromatic heterocycles. The highest BCUT2D eigenvalue weighted by Crippen LogP contribution is 2.13. The van der Waals surface area contributed by atoms with Crippen molar-refractivity contribution in [3.05, 3.63) is 29.6 Å². The summed E-state index contributed by atoms with van der Waals surface area (Å²) in [6.45, 7) is 4.52. The number of halogens is 1. The van der Waals surface area contributed by atoms with Crippen LogP contribution in [0, 0.1) is 11.7 Å². The van der Waals surface area contributed by atoms with Crippen molar-refractivity contribution in [3.8, 4) is 0 Å². The molecule has 4 heteroatoms. The molecule has 0 saturated carbocycles. The van der Waals surface area contributed by atoms with Crippen molar-refractivity contribution in [1.82, 2.24) is 0 Å². The van der Waals surface area contributed by atoms with Crippen LogP contribution < -0.4 is 5.73 Å². The number of hydrogen-bond donors (Lipinski definition) is 1. The van der Waals surface area contributed by atoms with Gasteiger partial charge >= 0.3 is 5.97 Å². The first-order valence-corrected chi connectivity index (χ1v) is 5.73. The van der Waals surface area contributed by atoms with Gasteiger partial charge in [0.05, 0.1) is 12.2 Å². The molecule has 0 aliphatic carbocycles. The van der Waals surface area contributed by atoms with Crippen LogP contribution in [0.5, 0.6) is 0 Å². The number of carbonyl (C=O) groups is 1. The quantitative estimate of drug-likeness (QED) is 0.488. The highest BCUT2D eigenvalue weighted by molar-refractivity contribution is 5.90. The average Bonchev–Trinajstić information content (AvgIpc) is 2.23. The fraction of sp³-hybridized carbons (Fsp3) is 0.462.